The van der Waals surface area contributed by atoms with E-state index in [-0.39, 0.29) is 18.8 Å². The second-order valence-electron chi connectivity index (χ2n) is 5.43. The summed E-state index contributed by atoms with van der Waals surface area (Å²) in [6.07, 6.45) is 0.484. The van der Waals surface area contributed by atoms with E-state index in [0.717, 1.165) is 36.5 Å². The van der Waals surface area contributed by atoms with Gasteiger partial charge in [-0.2, -0.15) is 0 Å². The first-order valence-corrected chi connectivity index (χ1v) is 7.27. The number of morpholine rings is 1. The van der Waals surface area contributed by atoms with Gasteiger partial charge in [0.15, 0.2) is 0 Å². The number of nitrogens with zero attached hydrogens (tertiary/aromatic N) is 1. The molecule has 0 bridgehead atoms. The van der Waals surface area contributed by atoms with Crippen LogP contribution < -0.4 is 4.74 Å². The van der Waals surface area contributed by atoms with Gasteiger partial charge in [0.2, 0.25) is 0 Å². The molecule has 4 nitrogen and oxygen atoms in total. The Kier molecular flexibility index (Phi) is 5.63. The van der Waals surface area contributed by atoms with Gasteiger partial charge in [-0.1, -0.05) is 11.8 Å². The summed E-state index contributed by atoms with van der Waals surface area (Å²) in [5.74, 6) is 6.56. The number of ether oxygens (including phenoxy) is 2. The van der Waals surface area contributed by atoms with E-state index in [9.17, 15) is 0 Å². The van der Waals surface area contributed by atoms with Gasteiger partial charge in [-0.3, -0.25) is 4.90 Å². The molecule has 0 aliphatic carbocycles. The molecule has 0 spiro atoms. The Hall–Kier alpha value is -1.54. The molecule has 1 aliphatic rings. The maximum absolute atomic E-state index is 8.88. The van der Waals surface area contributed by atoms with Crippen molar-refractivity contribution in [2.45, 2.75) is 32.6 Å². The standard InChI is InChI=1S/C17H23NO3/c1-13-10-18(11-14(2)21-13)12-16-9-17(20-3)7-6-15(16)5-4-8-19/h6-7,9,13-14,19H,8,10-12H2,1-3H3. The van der Waals surface area contributed by atoms with Gasteiger partial charge in [0.25, 0.3) is 0 Å². The molecule has 0 amide bonds. The smallest absolute Gasteiger partial charge is 0.119 e. The van der Waals surface area contributed by atoms with Crippen molar-refractivity contribution in [2.75, 3.05) is 26.8 Å². The number of benzene rings is 1. The molecular weight excluding hydrogens is 266 g/mol. The number of aliphatic hydroxyl groups excluding tert-OH is 1. The first kappa shape index (κ1) is 15.8. The van der Waals surface area contributed by atoms with Crippen molar-refractivity contribution in [1.29, 1.82) is 0 Å². The minimum Gasteiger partial charge on any atom is -0.497 e. The van der Waals surface area contributed by atoms with Crippen LogP contribution in [0.15, 0.2) is 18.2 Å². The van der Waals surface area contributed by atoms with Crippen LogP contribution in [0.25, 0.3) is 0 Å². The van der Waals surface area contributed by atoms with Crippen molar-refractivity contribution in [1.82, 2.24) is 4.90 Å². The maximum Gasteiger partial charge on any atom is 0.119 e. The van der Waals surface area contributed by atoms with Gasteiger partial charge in [-0.25, -0.2) is 0 Å². The van der Waals surface area contributed by atoms with E-state index in [1.54, 1.807) is 7.11 Å². The molecule has 1 N–H and O–H groups in total. The monoisotopic (exact) mass is 289 g/mol. The zero-order chi connectivity index (χ0) is 15.2. The quantitative estimate of drug-likeness (QED) is 0.859. The Morgan fingerprint density at radius 3 is 2.67 bits per heavy atom. The van der Waals surface area contributed by atoms with Crippen LogP contribution in [0.1, 0.15) is 25.0 Å². The molecule has 2 rings (SSSR count). The van der Waals surface area contributed by atoms with E-state index >= 15 is 0 Å². The van der Waals surface area contributed by atoms with Gasteiger partial charge in [-0.05, 0) is 37.6 Å². The van der Waals surface area contributed by atoms with Gasteiger partial charge < -0.3 is 14.6 Å². The number of aliphatic hydroxyl groups is 1. The maximum atomic E-state index is 8.88. The molecule has 4 heteroatoms. The van der Waals surface area contributed by atoms with Crippen molar-refractivity contribution >= 4 is 0 Å². The number of methoxy groups -OCH3 is 1. The van der Waals surface area contributed by atoms with E-state index in [2.05, 4.69) is 30.6 Å². The molecule has 21 heavy (non-hydrogen) atoms. The molecule has 1 heterocycles. The average Bonchev–Trinajstić information content (AvgIpc) is 2.44. The molecule has 0 radical (unpaired) electrons. The molecule has 1 fully saturated rings. The second-order valence-corrected chi connectivity index (χ2v) is 5.43. The Bertz CT molecular complexity index is 523. The highest BCUT2D eigenvalue weighted by Gasteiger charge is 2.22. The molecular formula is C17H23NO3. The van der Waals surface area contributed by atoms with E-state index in [1.165, 1.54) is 0 Å². The van der Waals surface area contributed by atoms with E-state index < -0.39 is 0 Å². The summed E-state index contributed by atoms with van der Waals surface area (Å²) in [5, 5.41) is 8.88. The van der Waals surface area contributed by atoms with Gasteiger partial charge in [-0.15, -0.1) is 0 Å². The van der Waals surface area contributed by atoms with Gasteiger partial charge in [0.05, 0.1) is 19.3 Å². The van der Waals surface area contributed by atoms with Crippen molar-refractivity contribution in [3.05, 3.63) is 29.3 Å². The van der Waals surface area contributed by atoms with Crippen LogP contribution in [0.5, 0.6) is 5.75 Å². The van der Waals surface area contributed by atoms with Crippen LogP contribution >= 0.6 is 0 Å². The van der Waals surface area contributed by atoms with Crippen LogP contribution in [0.3, 0.4) is 0 Å². The van der Waals surface area contributed by atoms with Crippen molar-refractivity contribution in [3.8, 4) is 17.6 Å². The lowest BCUT2D eigenvalue weighted by molar-refractivity contribution is -0.0705. The summed E-state index contributed by atoms with van der Waals surface area (Å²) in [7, 11) is 1.66. The number of hydrogen-bond acceptors (Lipinski definition) is 4. The minimum absolute atomic E-state index is 0.128. The summed E-state index contributed by atoms with van der Waals surface area (Å²) < 4.78 is 11.1. The Balaban J connectivity index is 2.20. The highest BCUT2D eigenvalue weighted by Crippen LogP contribution is 2.21. The van der Waals surface area contributed by atoms with Gasteiger partial charge >= 0.3 is 0 Å². The van der Waals surface area contributed by atoms with Crippen molar-refractivity contribution in [3.63, 3.8) is 0 Å². The van der Waals surface area contributed by atoms with Gasteiger partial charge in [0, 0.05) is 25.2 Å². The lowest BCUT2D eigenvalue weighted by atomic mass is 10.1. The molecule has 2 atom stereocenters. The topological polar surface area (TPSA) is 41.9 Å². The molecule has 1 aromatic carbocycles. The zero-order valence-corrected chi connectivity index (χ0v) is 12.9. The van der Waals surface area contributed by atoms with E-state index in [1.807, 2.05) is 18.2 Å². The summed E-state index contributed by atoms with van der Waals surface area (Å²) >= 11 is 0. The summed E-state index contributed by atoms with van der Waals surface area (Å²) in [6, 6.07) is 5.87. The Morgan fingerprint density at radius 1 is 1.33 bits per heavy atom. The lowest BCUT2D eigenvalue weighted by Crippen LogP contribution is -2.44. The molecule has 1 aliphatic heterocycles. The highest BCUT2D eigenvalue weighted by atomic mass is 16.5. The first-order valence-electron chi connectivity index (χ1n) is 7.27. The Morgan fingerprint density at radius 2 is 2.05 bits per heavy atom. The molecule has 0 saturated carbocycles. The zero-order valence-electron chi connectivity index (χ0n) is 12.9. The van der Waals surface area contributed by atoms with Crippen molar-refractivity contribution in [2.24, 2.45) is 0 Å². The van der Waals surface area contributed by atoms with E-state index in [0.29, 0.717) is 0 Å². The predicted molar refractivity (Wildman–Crippen MR) is 82.2 cm³/mol. The fraction of sp³-hybridized carbons (Fsp3) is 0.529. The SMILES string of the molecule is COc1ccc(C#CCO)c(CN2CC(C)OC(C)C2)c1. The Labute approximate surface area is 126 Å². The fourth-order valence-electron chi connectivity index (χ4n) is 2.74. The molecule has 114 valence electrons. The van der Waals surface area contributed by atoms with Crippen molar-refractivity contribution < 1.29 is 14.6 Å². The van der Waals surface area contributed by atoms with Gasteiger partial charge in [0.1, 0.15) is 12.4 Å². The van der Waals surface area contributed by atoms with Crippen LogP contribution in [0.2, 0.25) is 0 Å². The van der Waals surface area contributed by atoms with Crippen LogP contribution in [-0.2, 0) is 11.3 Å². The third kappa shape index (κ3) is 4.47. The third-order valence-corrected chi connectivity index (χ3v) is 3.50. The average molecular weight is 289 g/mol. The minimum atomic E-state index is -0.128. The fourth-order valence-corrected chi connectivity index (χ4v) is 2.74. The first-order chi connectivity index (χ1) is 10.1. The molecule has 1 saturated heterocycles. The predicted octanol–water partition coefficient (Wildman–Crippen LogP) is 1.65. The van der Waals surface area contributed by atoms with Crippen LogP contribution in [0.4, 0.5) is 0 Å². The number of hydrogen-bond donors (Lipinski definition) is 1. The number of rotatable bonds is 3. The summed E-state index contributed by atoms with van der Waals surface area (Å²) in [4.78, 5) is 2.37. The molecule has 2 unspecified atom stereocenters. The highest BCUT2D eigenvalue weighted by molar-refractivity contribution is 5.45. The second kappa shape index (κ2) is 7.46. The van der Waals surface area contributed by atoms with E-state index in [4.69, 9.17) is 14.6 Å². The van der Waals surface area contributed by atoms with Crippen LogP contribution in [-0.4, -0.2) is 49.0 Å². The third-order valence-electron chi connectivity index (χ3n) is 3.50. The lowest BCUT2D eigenvalue weighted by Gasteiger charge is -2.35. The molecule has 0 aromatic heterocycles. The van der Waals surface area contributed by atoms with Crippen LogP contribution in [0, 0.1) is 11.8 Å². The summed E-state index contributed by atoms with van der Waals surface area (Å²) in [5.41, 5.74) is 2.06. The molecule has 1 aromatic rings. The largest absolute Gasteiger partial charge is 0.497 e. The normalized spacial score (nSPS) is 22.5. The summed E-state index contributed by atoms with van der Waals surface area (Å²) in [6.45, 7) is 6.70.